The fourth-order valence-electron chi connectivity index (χ4n) is 3.40. The van der Waals surface area contributed by atoms with Crippen LogP contribution < -0.4 is 14.8 Å². The van der Waals surface area contributed by atoms with Crippen LogP contribution in [0.25, 0.3) is 0 Å². The molecule has 5 heteroatoms. The summed E-state index contributed by atoms with van der Waals surface area (Å²) in [6.07, 6.45) is 2.22. The van der Waals surface area contributed by atoms with Gasteiger partial charge in [-0.05, 0) is 50.0 Å². The molecule has 144 valence electrons. The highest BCUT2D eigenvalue weighted by atomic mass is 16.5. The molecule has 1 unspecified atom stereocenters. The number of para-hydroxylation sites is 2. The molecular formula is C22H28N2O3. The second kappa shape index (κ2) is 9.97. The molecule has 0 aliphatic carbocycles. The predicted molar refractivity (Wildman–Crippen MR) is 106 cm³/mol. The van der Waals surface area contributed by atoms with E-state index in [1.165, 1.54) is 6.42 Å². The zero-order valence-corrected chi connectivity index (χ0v) is 15.9. The van der Waals surface area contributed by atoms with Crippen LogP contribution in [0.5, 0.6) is 11.5 Å². The summed E-state index contributed by atoms with van der Waals surface area (Å²) in [5.74, 6) is 1.81. The van der Waals surface area contributed by atoms with Crippen molar-refractivity contribution in [2.45, 2.75) is 19.4 Å². The van der Waals surface area contributed by atoms with Gasteiger partial charge in [0, 0.05) is 13.1 Å². The smallest absolute Gasteiger partial charge is 0.260 e. The maximum absolute atomic E-state index is 12.6. The lowest BCUT2D eigenvalue weighted by atomic mass is 9.98. The summed E-state index contributed by atoms with van der Waals surface area (Å²) in [6, 6.07) is 17.5. The first-order valence-corrected chi connectivity index (χ1v) is 9.57. The summed E-state index contributed by atoms with van der Waals surface area (Å²) < 4.78 is 11.7. The number of carbonyl (C=O) groups is 1. The Morgan fingerprint density at radius 2 is 1.78 bits per heavy atom. The zero-order chi connectivity index (χ0) is 18.9. The molecule has 2 aromatic carbocycles. The van der Waals surface area contributed by atoms with Gasteiger partial charge >= 0.3 is 0 Å². The highest BCUT2D eigenvalue weighted by molar-refractivity contribution is 5.78. The Kier molecular flexibility index (Phi) is 7.11. The van der Waals surface area contributed by atoms with Gasteiger partial charge in [-0.3, -0.25) is 4.79 Å². The molecule has 1 saturated heterocycles. The minimum Gasteiger partial charge on any atom is -0.485 e. The zero-order valence-electron chi connectivity index (χ0n) is 15.9. The number of nitrogens with zero attached hydrogens (tertiary/aromatic N) is 1. The largest absolute Gasteiger partial charge is 0.485 e. The van der Waals surface area contributed by atoms with Gasteiger partial charge < -0.3 is 19.7 Å². The van der Waals surface area contributed by atoms with E-state index < -0.39 is 0 Å². The Bertz CT molecular complexity index is 719. The van der Waals surface area contributed by atoms with E-state index >= 15 is 0 Å². The van der Waals surface area contributed by atoms with Crippen molar-refractivity contribution in [3.63, 3.8) is 0 Å². The first-order valence-electron chi connectivity index (χ1n) is 9.57. The van der Waals surface area contributed by atoms with Crippen molar-refractivity contribution in [1.82, 2.24) is 10.2 Å². The molecular weight excluding hydrogens is 340 g/mol. The molecule has 0 saturated carbocycles. The Balaban J connectivity index is 1.54. The minimum atomic E-state index is 0.0358. The number of likely N-dealkylation sites (tertiary alicyclic amines) is 1. The fourth-order valence-corrected chi connectivity index (χ4v) is 3.40. The Morgan fingerprint density at radius 1 is 1.07 bits per heavy atom. The standard InChI is InChI=1S/C22H28N2O3/c1-23-14-19-10-7-13-24(15-19)22(25)17-27-21-12-6-5-11-20(21)26-16-18-8-3-2-4-9-18/h2-6,8-9,11-12,19,23H,7,10,13-17H2,1H3. The van der Waals surface area contributed by atoms with Crippen LogP contribution >= 0.6 is 0 Å². The molecule has 0 bridgehead atoms. The van der Waals surface area contributed by atoms with Gasteiger partial charge in [-0.2, -0.15) is 0 Å². The van der Waals surface area contributed by atoms with E-state index in [0.29, 0.717) is 24.0 Å². The number of piperidine rings is 1. The van der Waals surface area contributed by atoms with Crippen LogP contribution in [-0.2, 0) is 11.4 Å². The van der Waals surface area contributed by atoms with Gasteiger partial charge in [-0.1, -0.05) is 42.5 Å². The van der Waals surface area contributed by atoms with Crippen LogP contribution in [0, 0.1) is 5.92 Å². The molecule has 0 aromatic heterocycles. The van der Waals surface area contributed by atoms with E-state index in [0.717, 1.165) is 31.6 Å². The van der Waals surface area contributed by atoms with Crippen LogP contribution in [0.2, 0.25) is 0 Å². The topological polar surface area (TPSA) is 50.8 Å². The van der Waals surface area contributed by atoms with Crippen molar-refractivity contribution in [3.8, 4) is 11.5 Å². The number of hydrogen-bond acceptors (Lipinski definition) is 4. The number of benzene rings is 2. The second-order valence-corrected chi connectivity index (χ2v) is 6.92. The quantitative estimate of drug-likeness (QED) is 0.778. The van der Waals surface area contributed by atoms with Crippen molar-refractivity contribution in [1.29, 1.82) is 0 Å². The molecule has 1 atom stereocenters. The van der Waals surface area contributed by atoms with Crippen molar-refractivity contribution in [3.05, 3.63) is 60.2 Å². The molecule has 1 aliphatic rings. The molecule has 0 radical (unpaired) electrons. The van der Waals surface area contributed by atoms with E-state index in [-0.39, 0.29) is 12.5 Å². The van der Waals surface area contributed by atoms with Gasteiger partial charge in [0.1, 0.15) is 6.61 Å². The number of amides is 1. The summed E-state index contributed by atoms with van der Waals surface area (Å²) in [4.78, 5) is 14.5. The van der Waals surface area contributed by atoms with Crippen molar-refractivity contribution in [2.24, 2.45) is 5.92 Å². The summed E-state index contributed by atoms with van der Waals surface area (Å²) in [6.45, 7) is 3.06. The lowest BCUT2D eigenvalue weighted by Gasteiger charge is -2.32. The second-order valence-electron chi connectivity index (χ2n) is 6.92. The number of rotatable bonds is 8. The number of carbonyl (C=O) groups excluding carboxylic acids is 1. The molecule has 27 heavy (non-hydrogen) atoms. The van der Waals surface area contributed by atoms with Crippen molar-refractivity contribution >= 4 is 5.91 Å². The van der Waals surface area contributed by atoms with E-state index in [9.17, 15) is 4.79 Å². The van der Waals surface area contributed by atoms with Crippen molar-refractivity contribution in [2.75, 3.05) is 33.3 Å². The maximum Gasteiger partial charge on any atom is 0.260 e. The Hall–Kier alpha value is -2.53. The predicted octanol–water partition coefficient (Wildman–Crippen LogP) is 3.10. The molecule has 5 nitrogen and oxygen atoms in total. The first-order chi connectivity index (χ1) is 13.3. The van der Waals surface area contributed by atoms with Crippen LogP contribution in [0.3, 0.4) is 0 Å². The third-order valence-corrected chi connectivity index (χ3v) is 4.80. The maximum atomic E-state index is 12.6. The fraction of sp³-hybridized carbons (Fsp3) is 0.409. The van der Waals surface area contributed by atoms with E-state index in [4.69, 9.17) is 9.47 Å². The molecule has 2 aromatic rings. The van der Waals surface area contributed by atoms with Gasteiger partial charge in [0.15, 0.2) is 18.1 Å². The van der Waals surface area contributed by atoms with Crippen LogP contribution in [0.1, 0.15) is 18.4 Å². The SMILES string of the molecule is CNCC1CCCN(C(=O)COc2ccccc2OCc2ccccc2)C1. The Morgan fingerprint density at radius 3 is 2.52 bits per heavy atom. The summed E-state index contributed by atoms with van der Waals surface area (Å²) >= 11 is 0. The van der Waals surface area contributed by atoms with Gasteiger partial charge in [-0.15, -0.1) is 0 Å². The molecule has 1 heterocycles. The third-order valence-electron chi connectivity index (χ3n) is 4.80. The van der Waals surface area contributed by atoms with Crippen molar-refractivity contribution < 1.29 is 14.3 Å². The van der Waals surface area contributed by atoms with Crippen LogP contribution in [-0.4, -0.2) is 44.1 Å². The average Bonchev–Trinajstić information content (AvgIpc) is 2.72. The van der Waals surface area contributed by atoms with Gasteiger partial charge in [-0.25, -0.2) is 0 Å². The molecule has 1 aliphatic heterocycles. The van der Waals surface area contributed by atoms with E-state index in [1.807, 2.05) is 66.5 Å². The number of ether oxygens (including phenoxy) is 2. The first kappa shape index (κ1) is 19.2. The number of hydrogen-bond donors (Lipinski definition) is 1. The number of nitrogens with one attached hydrogen (secondary N) is 1. The summed E-state index contributed by atoms with van der Waals surface area (Å²) in [5.41, 5.74) is 1.09. The molecule has 0 spiro atoms. The van der Waals surface area contributed by atoms with Gasteiger partial charge in [0.05, 0.1) is 0 Å². The Labute approximate surface area is 161 Å². The molecule has 1 N–H and O–H groups in total. The van der Waals surface area contributed by atoms with Crippen LogP contribution in [0.15, 0.2) is 54.6 Å². The molecule has 1 amide bonds. The highest BCUT2D eigenvalue weighted by Crippen LogP contribution is 2.27. The van der Waals surface area contributed by atoms with E-state index in [2.05, 4.69) is 5.32 Å². The lowest BCUT2D eigenvalue weighted by Crippen LogP contribution is -2.44. The molecule has 1 fully saturated rings. The lowest BCUT2D eigenvalue weighted by molar-refractivity contribution is -0.135. The van der Waals surface area contributed by atoms with Gasteiger partial charge in [0.2, 0.25) is 0 Å². The highest BCUT2D eigenvalue weighted by Gasteiger charge is 2.23. The summed E-state index contributed by atoms with van der Waals surface area (Å²) in [5, 5.41) is 3.20. The summed E-state index contributed by atoms with van der Waals surface area (Å²) in [7, 11) is 1.95. The molecule has 3 rings (SSSR count). The minimum absolute atomic E-state index is 0.0358. The third kappa shape index (κ3) is 5.73. The normalized spacial score (nSPS) is 16.8. The average molecular weight is 368 g/mol. The monoisotopic (exact) mass is 368 g/mol. The van der Waals surface area contributed by atoms with E-state index in [1.54, 1.807) is 0 Å². The van der Waals surface area contributed by atoms with Crippen LogP contribution in [0.4, 0.5) is 0 Å². The van der Waals surface area contributed by atoms with Gasteiger partial charge in [0.25, 0.3) is 5.91 Å².